The topological polar surface area (TPSA) is 123 Å². The first-order valence-corrected chi connectivity index (χ1v) is 10.3. The molecule has 5 rings (SSSR count). The van der Waals surface area contributed by atoms with E-state index < -0.39 is 11.0 Å². The van der Waals surface area contributed by atoms with E-state index in [1.54, 1.807) is 41.1 Å². The maximum absolute atomic E-state index is 13.2. The van der Waals surface area contributed by atoms with Gasteiger partial charge in [-0.05, 0) is 41.7 Å². The number of aromatic nitrogens is 3. The molecule has 0 saturated carbocycles. The largest absolute Gasteiger partial charge is 0.508 e. The van der Waals surface area contributed by atoms with Crippen molar-refractivity contribution in [1.82, 2.24) is 14.8 Å². The maximum Gasteiger partial charge on any atom is 0.269 e. The molecule has 1 aromatic heterocycles. The summed E-state index contributed by atoms with van der Waals surface area (Å²) in [6, 6.07) is 12.3. The van der Waals surface area contributed by atoms with Crippen LogP contribution in [0.15, 0.2) is 59.8 Å². The Labute approximate surface area is 183 Å². The Hall–Kier alpha value is -4.01. The van der Waals surface area contributed by atoms with Crippen LogP contribution >= 0.6 is 0 Å². The Morgan fingerprint density at radius 1 is 1.12 bits per heavy atom. The summed E-state index contributed by atoms with van der Waals surface area (Å²) in [5.41, 5.74) is 2.75. The van der Waals surface area contributed by atoms with E-state index in [1.807, 2.05) is 0 Å². The van der Waals surface area contributed by atoms with Crippen molar-refractivity contribution >= 4 is 17.4 Å². The number of hydrogen-bond acceptors (Lipinski definition) is 7. The second-order valence-electron chi connectivity index (χ2n) is 8.96. The van der Waals surface area contributed by atoms with E-state index in [1.165, 1.54) is 12.1 Å². The Morgan fingerprint density at radius 3 is 2.47 bits per heavy atom. The molecule has 0 radical (unpaired) electrons. The summed E-state index contributed by atoms with van der Waals surface area (Å²) < 4.78 is 1.68. The predicted octanol–water partition coefficient (Wildman–Crippen LogP) is 4.22. The molecule has 1 aliphatic heterocycles. The molecule has 2 aliphatic rings. The summed E-state index contributed by atoms with van der Waals surface area (Å²) in [6.07, 6.45) is 1.13. The van der Waals surface area contributed by atoms with Crippen molar-refractivity contribution in [3.05, 3.63) is 75.5 Å². The molecule has 0 amide bonds. The number of nitrogens with zero attached hydrogens (tertiary/aromatic N) is 4. The lowest BCUT2D eigenvalue weighted by atomic mass is 9.73. The van der Waals surface area contributed by atoms with Gasteiger partial charge in [-0.15, -0.1) is 5.10 Å². The SMILES string of the molecule is CC1(C)CC(=O)C2=C(C1)Nc1nc(-c3ccc([N+](=O)[O-])cc3)nn1C2c1ccc(O)cc1. The van der Waals surface area contributed by atoms with Crippen molar-refractivity contribution in [3.8, 4) is 17.1 Å². The minimum Gasteiger partial charge on any atom is -0.508 e. The number of phenolic OH excluding ortho intramolecular Hbond substituents is 1. The van der Waals surface area contributed by atoms with Gasteiger partial charge in [-0.1, -0.05) is 26.0 Å². The molecule has 0 bridgehead atoms. The van der Waals surface area contributed by atoms with Gasteiger partial charge in [-0.25, -0.2) is 4.68 Å². The predicted molar refractivity (Wildman–Crippen MR) is 117 cm³/mol. The number of phenols is 1. The number of ketones is 1. The summed E-state index contributed by atoms with van der Waals surface area (Å²) in [7, 11) is 0. The van der Waals surface area contributed by atoms with Crippen molar-refractivity contribution in [1.29, 1.82) is 0 Å². The summed E-state index contributed by atoms with van der Waals surface area (Å²) in [4.78, 5) is 28.3. The second kappa shape index (κ2) is 7.01. The van der Waals surface area contributed by atoms with E-state index in [2.05, 4.69) is 29.2 Å². The third kappa shape index (κ3) is 3.31. The van der Waals surface area contributed by atoms with Gasteiger partial charge in [0.1, 0.15) is 11.8 Å². The first-order valence-electron chi connectivity index (χ1n) is 10.3. The van der Waals surface area contributed by atoms with Crippen LogP contribution in [-0.2, 0) is 4.79 Å². The highest BCUT2D eigenvalue weighted by Gasteiger charge is 2.41. The number of anilines is 1. The molecule has 3 aromatic rings. The summed E-state index contributed by atoms with van der Waals surface area (Å²) in [5.74, 6) is 1.09. The molecule has 0 fully saturated rings. The average Bonchev–Trinajstić information content (AvgIpc) is 3.16. The highest BCUT2D eigenvalue weighted by molar-refractivity contribution is 6.00. The van der Waals surface area contributed by atoms with Gasteiger partial charge in [0.25, 0.3) is 5.69 Å². The van der Waals surface area contributed by atoms with E-state index in [4.69, 9.17) is 0 Å². The monoisotopic (exact) mass is 431 g/mol. The van der Waals surface area contributed by atoms with Crippen molar-refractivity contribution in [3.63, 3.8) is 0 Å². The molecule has 9 nitrogen and oxygen atoms in total. The van der Waals surface area contributed by atoms with E-state index in [-0.39, 0.29) is 22.6 Å². The van der Waals surface area contributed by atoms with Crippen molar-refractivity contribution in [2.75, 3.05) is 5.32 Å². The summed E-state index contributed by atoms with van der Waals surface area (Å²) in [5, 5.41) is 28.7. The number of carbonyl (C=O) groups is 1. The number of rotatable bonds is 3. The van der Waals surface area contributed by atoms with Crippen molar-refractivity contribution in [2.45, 2.75) is 32.7 Å². The minimum atomic E-state index is -0.482. The van der Waals surface area contributed by atoms with E-state index in [0.29, 0.717) is 35.8 Å². The molecule has 162 valence electrons. The molecule has 0 saturated heterocycles. The van der Waals surface area contributed by atoms with E-state index >= 15 is 0 Å². The lowest BCUT2D eigenvalue weighted by Crippen LogP contribution is -2.36. The van der Waals surface area contributed by atoms with Crippen LogP contribution in [0.3, 0.4) is 0 Å². The number of non-ortho nitro benzene ring substituents is 1. The zero-order valence-corrected chi connectivity index (χ0v) is 17.6. The molecule has 1 unspecified atom stereocenters. The van der Waals surface area contributed by atoms with Crippen LogP contribution in [0.2, 0.25) is 0 Å². The number of allylic oxidation sites excluding steroid dienone is 2. The number of nitrogens with one attached hydrogen (secondary N) is 1. The van der Waals surface area contributed by atoms with Gasteiger partial charge in [0, 0.05) is 35.4 Å². The van der Waals surface area contributed by atoms with Crippen LogP contribution < -0.4 is 5.32 Å². The van der Waals surface area contributed by atoms with Gasteiger partial charge in [-0.2, -0.15) is 4.98 Å². The molecule has 2 heterocycles. The molecular weight excluding hydrogens is 410 g/mol. The van der Waals surface area contributed by atoms with Crippen LogP contribution in [0.5, 0.6) is 5.75 Å². The van der Waals surface area contributed by atoms with Gasteiger partial charge >= 0.3 is 0 Å². The number of carbonyl (C=O) groups excluding carboxylic acids is 1. The molecule has 1 atom stereocenters. The third-order valence-corrected chi connectivity index (χ3v) is 5.88. The molecule has 2 aromatic carbocycles. The van der Waals surface area contributed by atoms with E-state index in [9.17, 15) is 20.0 Å². The lowest BCUT2D eigenvalue weighted by molar-refractivity contribution is -0.384. The quantitative estimate of drug-likeness (QED) is 0.470. The Balaban J connectivity index is 1.63. The van der Waals surface area contributed by atoms with Gasteiger partial charge in [0.15, 0.2) is 11.6 Å². The second-order valence-corrected chi connectivity index (χ2v) is 8.96. The Morgan fingerprint density at radius 2 is 1.81 bits per heavy atom. The standard InChI is InChI=1S/C23H21N5O4/c1-23(2)11-17-19(18(30)12-23)20(13-5-9-16(29)10-6-13)27-22(24-17)25-21(26-27)14-3-7-15(8-4-14)28(31)32/h3-10,20,29H,11-12H2,1-2H3,(H,24,25,26). The van der Waals surface area contributed by atoms with Gasteiger partial charge in [0.05, 0.1) is 4.92 Å². The normalized spacial score (nSPS) is 19.2. The highest BCUT2D eigenvalue weighted by atomic mass is 16.6. The van der Waals surface area contributed by atoms with Gasteiger partial charge in [-0.3, -0.25) is 14.9 Å². The fourth-order valence-corrected chi connectivity index (χ4v) is 4.43. The molecular formula is C23H21N5O4. The number of aromatic hydroxyl groups is 1. The number of fused-ring (bicyclic) bond motifs is 1. The highest BCUT2D eigenvalue weighted by Crippen LogP contribution is 2.45. The molecule has 2 N–H and O–H groups in total. The van der Waals surface area contributed by atoms with Crippen LogP contribution in [0, 0.1) is 15.5 Å². The van der Waals surface area contributed by atoms with Gasteiger partial charge < -0.3 is 10.4 Å². The van der Waals surface area contributed by atoms with Crippen molar-refractivity contribution in [2.24, 2.45) is 5.41 Å². The van der Waals surface area contributed by atoms with Crippen LogP contribution in [0.1, 0.15) is 38.3 Å². The molecule has 1 aliphatic carbocycles. The average molecular weight is 431 g/mol. The van der Waals surface area contributed by atoms with E-state index in [0.717, 1.165) is 11.3 Å². The van der Waals surface area contributed by atoms with Crippen LogP contribution in [0.25, 0.3) is 11.4 Å². The zero-order valence-electron chi connectivity index (χ0n) is 17.6. The first kappa shape index (κ1) is 19.9. The van der Waals surface area contributed by atoms with Crippen LogP contribution in [-0.4, -0.2) is 30.6 Å². The number of benzene rings is 2. The minimum absolute atomic E-state index is 0.0113. The Bertz CT molecular complexity index is 1270. The molecule has 0 spiro atoms. The smallest absolute Gasteiger partial charge is 0.269 e. The fraction of sp³-hybridized carbons (Fsp3) is 0.261. The Kier molecular flexibility index (Phi) is 4.37. The molecule has 9 heteroatoms. The van der Waals surface area contributed by atoms with Crippen molar-refractivity contribution < 1.29 is 14.8 Å². The van der Waals surface area contributed by atoms with Crippen LogP contribution in [0.4, 0.5) is 11.6 Å². The zero-order chi connectivity index (χ0) is 22.6. The number of nitro benzene ring substituents is 1. The number of nitro groups is 1. The van der Waals surface area contributed by atoms with Gasteiger partial charge in [0.2, 0.25) is 5.95 Å². The summed E-state index contributed by atoms with van der Waals surface area (Å²) >= 11 is 0. The lowest BCUT2D eigenvalue weighted by Gasteiger charge is -2.38. The fourth-order valence-electron chi connectivity index (χ4n) is 4.43. The number of Topliss-reactive ketones (excluding diaryl/α,β-unsaturated/α-hetero) is 1. The summed E-state index contributed by atoms with van der Waals surface area (Å²) in [6.45, 7) is 4.13. The number of hydrogen-bond donors (Lipinski definition) is 2. The molecule has 32 heavy (non-hydrogen) atoms. The maximum atomic E-state index is 13.2. The first-order chi connectivity index (χ1) is 15.2. The third-order valence-electron chi connectivity index (χ3n) is 5.88.